The van der Waals surface area contributed by atoms with Crippen LogP contribution < -0.4 is 4.74 Å². The minimum Gasteiger partial charge on any atom is -0.490 e. The smallest absolute Gasteiger partial charge is 0.185 e. The van der Waals surface area contributed by atoms with Gasteiger partial charge in [0.1, 0.15) is 48.1 Å². The van der Waals surface area contributed by atoms with Crippen LogP contribution in [0.3, 0.4) is 0 Å². The van der Waals surface area contributed by atoms with Gasteiger partial charge >= 0.3 is 0 Å². The van der Waals surface area contributed by atoms with E-state index < -0.39 is 29.7 Å². The molecule has 4 aromatic rings. The predicted molar refractivity (Wildman–Crippen MR) is 122 cm³/mol. The van der Waals surface area contributed by atoms with Crippen LogP contribution in [0.25, 0.3) is 6.08 Å². The average molecular weight is 479 g/mol. The number of ether oxygens (including phenoxy) is 1. The summed E-state index contributed by atoms with van der Waals surface area (Å²) in [5.74, 6) is -2.18. The molecule has 1 atom stereocenters. The van der Waals surface area contributed by atoms with Crippen LogP contribution in [-0.4, -0.2) is 32.3 Å². The summed E-state index contributed by atoms with van der Waals surface area (Å²) in [5, 5.41) is 15.2. The maximum atomic E-state index is 14.5. The summed E-state index contributed by atoms with van der Waals surface area (Å²) in [7, 11) is 0. The minimum absolute atomic E-state index is 0.167. The monoisotopic (exact) mass is 479 g/mol. The maximum absolute atomic E-state index is 14.5. The van der Waals surface area contributed by atoms with Crippen molar-refractivity contribution in [2.45, 2.75) is 12.1 Å². The van der Waals surface area contributed by atoms with E-state index in [9.17, 15) is 23.1 Å². The Morgan fingerprint density at radius 1 is 1.03 bits per heavy atom. The number of benzene rings is 3. The summed E-state index contributed by atoms with van der Waals surface area (Å²) in [6, 6.07) is 15.0. The molecule has 35 heavy (non-hydrogen) atoms. The fourth-order valence-corrected chi connectivity index (χ4v) is 3.45. The van der Waals surface area contributed by atoms with E-state index in [2.05, 4.69) is 10.1 Å². The molecule has 0 spiro atoms. The molecule has 1 aromatic heterocycles. The number of halogens is 3. The second-order valence-corrected chi connectivity index (χ2v) is 7.78. The van der Waals surface area contributed by atoms with Crippen LogP contribution in [-0.2, 0) is 12.1 Å². The van der Waals surface area contributed by atoms with Crippen LogP contribution in [0.15, 0.2) is 85.5 Å². The van der Waals surface area contributed by atoms with Crippen molar-refractivity contribution in [2.75, 3.05) is 6.61 Å². The molecular formula is C26H20F3N3O3. The van der Waals surface area contributed by atoms with Gasteiger partial charge in [-0.05, 0) is 48.6 Å². The van der Waals surface area contributed by atoms with Gasteiger partial charge in [0, 0.05) is 22.8 Å². The van der Waals surface area contributed by atoms with Crippen LogP contribution in [0.2, 0.25) is 0 Å². The van der Waals surface area contributed by atoms with Crippen LogP contribution in [0.1, 0.15) is 21.5 Å². The van der Waals surface area contributed by atoms with Crippen LogP contribution in [0.5, 0.6) is 5.75 Å². The van der Waals surface area contributed by atoms with Gasteiger partial charge in [-0.2, -0.15) is 5.10 Å². The molecule has 6 nitrogen and oxygen atoms in total. The highest BCUT2D eigenvalue weighted by Crippen LogP contribution is 2.28. The lowest BCUT2D eigenvalue weighted by atomic mass is 9.94. The number of aliphatic hydroxyl groups is 1. The maximum Gasteiger partial charge on any atom is 0.185 e. The van der Waals surface area contributed by atoms with Crippen molar-refractivity contribution in [2.24, 2.45) is 0 Å². The summed E-state index contributed by atoms with van der Waals surface area (Å²) in [6.07, 6.45) is 5.27. The average Bonchev–Trinajstić information content (AvgIpc) is 3.35. The van der Waals surface area contributed by atoms with E-state index in [0.29, 0.717) is 22.9 Å². The van der Waals surface area contributed by atoms with Crippen LogP contribution >= 0.6 is 0 Å². The second kappa shape index (κ2) is 10.4. The molecule has 0 radical (unpaired) electrons. The molecule has 0 aliphatic carbocycles. The Morgan fingerprint density at radius 3 is 2.49 bits per heavy atom. The standard InChI is InChI=1S/C26H20F3N3O3/c27-20-8-11-22(24(29)13-20)26(34,14-32-17-30-16-31-32)15-35-21-9-5-19(6-10-21)25(33)12-7-18-3-1-2-4-23(18)28/h1-13,16-17,34H,14-15H2/b12-7+. The van der Waals surface area contributed by atoms with Crippen molar-refractivity contribution in [3.63, 3.8) is 0 Å². The zero-order chi connectivity index (χ0) is 24.8. The second-order valence-electron chi connectivity index (χ2n) is 7.78. The van der Waals surface area contributed by atoms with E-state index in [4.69, 9.17) is 4.74 Å². The number of aromatic nitrogens is 3. The van der Waals surface area contributed by atoms with Crippen molar-refractivity contribution >= 4 is 11.9 Å². The van der Waals surface area contributed by atoms with Gasteiger partial charge in [0.2, 0.25) is 0 Å². The van der Waals surface area contributed by atoms with E-state index in [1.807, 2.05) is 0 Å². The molecular weight excluding hydrogens is 459 g/mol. The van der Waals surface area contributed by atoms with Gasteiger partial charge in [-0.3, -0.25) is 4.79 Å². The lowest BCUT2D eigenvalue weighted by Crippen LogP contribution is -2.39. The van der Waals surface area contributed by atoms with Crippen LogP contribution in [0.4, 0.5) is 13.2 Å². The minimum atomic E-state index is -1.90. The van der Waals surface area contributed by atoms with Crippen molar-refractivity contribution in [3.8, 4) is 5.75 Å². The van der Waals surface area contributed by atoms with E-state index in [-0.39, 0.29) is 17.9 Å². The lowest BCUT2D eigenvalue weighted by Gasteiger charge is -2.29. The highest BCUT2D eigenvalue weighted by atomic mass is 19.1. The molecule has 0 fully saturated rings. The van der Waals surface area contributed by atoms with Gasteiger partial charge in [0.05, 0.1) is 6.54 Å². The summed E-state index contributed by atoms with van der Waals surface area (Å²) in [4.78, 5) is 16.2. The molecule has 1 unspecified atom stereocenters. The molecule has 4 rings (SSSR count). The van der Waals surface area contributed by atoms with E-state index in [1.165, 1.54) is 59.8 Å². The van der Waals surface area contributed by atoms with Gasteiger partial charge < -0.3 is 9.84 Å². The number of hydrogen-bond donors (Lipinski definition) is 1. The Bertz CT molecular complexity index is 1340. The van der Waals surface area contributed by atoms with E-state index >= 15 is 0 Å². The zero-order valence-corrected chi connectivity index (χ0v) is 18.3. The Morgan fingerprint density at radius 2 is 1.80 bits per heavy atom. The zero-order valence-electron chi connectivity index (χ0n) is 18.3. The first-order valence-electron chi connectivity index (χ1n) is 10.5. The van der Waals surface area contributed by atoms with Crippen LogP contribution in [0, 0.1) is 17.5 Å². The first kappa shape index (κ1) is 23.9. The molecule has 0 aliphatic heterocycles. The molecule has 0 aliphatic rings. The number of hydrogen-bond acceptors (Lipinski definition) is 5. The fourth-order valence-electron chi connectivity index (χ4n) is 3.45. The van der Waals surface area contributed by atoms with Crippen molar-refractivity contribution in [1.82, 2.24) is 14.8 Å². The largest absolute Gasteiger partial charge is 0.490 e. The number of carbonyl (C=O) groups excluding carboxylic acids is 1. The van der Waals surface area contributed by atoms with E-state index in [1.54, 1.807) is 18.2 Å². The number of ketones is 1. The summed E-state index contributed by atoms with van der Waals surface area (Å²) in [6.45, 7) is -0.594. The Labute approximate surface area is 198 Å². The van der Waals surface area contributed by atoms with Crippen molar-refractivity contribution in [1.29, 1.82) is 0 Å². The summed E-state index contributed by atoms with van der Waals surface area (Å²) >= 11 is 0. The highest BCUT2D eigenvalue weighted by Gasteiger charge is 2.34. The Balaban J connectivity index is 1.48. The molecule has 0 saturated heterocycles. The Kier molecular flexibility index (Phi) is 7.07. The summed E-state index contributed by atoms with van der Waals surface area (Å²) in [5.41, 5.74) is -1.44. The number of carbonyl (C=O) groups is 1. The first-order valence-corrected chi connectivity index (χ1v) is 10.5. The van der Waals surface area contributed by atoms with Gasteiger partial charge in [-0.1, -0.05) is 24.3 Å². The molecule has 0 bridgehead atoms. The van der Waals surface area contributed by atoms with E-state index in [0.717, 1.165) is 12.1 Å². The first-order chi connectivity index (χ1) is 16.8. The normalized spacial score (nSPS) is 13.0. The number of rotatable bonds is 9. The van der Waals surface area contributed by atoms with Gasteiger partial charge in [0.25, 0.3) is 0 Å². The quantitative estimate of drug-likeness (QED) is 0.281. The third-order valence-corrected chi connectivity index (χ3v) is 5.26. The van der Waals surface area contributed by atoms with Gasteiger partial charge in [0.15, 0.2) is 5.78 Å². The SMILES string of the molecule is O=C(/C=C/c1ccccc1F)c1ccc(OCC(O)(Cn2cncn2)c2ccc(F)cc2F)cc1. The molecule has 178 valence electrons. The van der Waals surface area contributed by atoms with Crippen molar-refractivity contribution in [3.05, 3.63) is 120 Å². The Hall–Kier alpha value is -4.24. The molecule has 0 amide bonds. The van der Waals surface area contributed by atoms with Gasteiger partial charge in [-0.15, -0.1) is 0 Å². The topological polar surface area (TPSA) is 77.2 Å². The lowest BCUT2D eigenvalue weighted by molar-refractivity contribution is -0.0297. The summed E-state index contributed by atoms with van der Waals surface area (Å²) < 4.78 is 48.6. The molecule has 1 heterocycles. The highest BCUT2D eigenvalue weighted by molar-refractivity contribution is 6.06. The third kappa shape index (κ3) is 5.82. The molecule has 3 aromatic carbocycles. The number of nitrogens with zero attached hydrogens (tertiary/aromatic N) is 3. The third-order valence-electron chi connectivity index (χ3n) is 5.26. The fraction of sp³-hybridized carbons (Fsp3) is 0.115. The molecule has 0 saturated carbocycles. The molecule has 1 N–H and O–H groups in total. The molecule has 9 heteroatoms. The predicted octanol–water partition coefficient (Wildman–Crippen LogP) is 4.56. The number of allylic oxidation sites excluding steroid dienone is 1. The van der Waals surface area contributed by atoms with Crippen molar-refractivity contribution < 1.29 is 27.8 Å². The van der Waals surface area contributed by atoms with Gasteiger partial charge in [-0.25, -0.2) is 22.8 Å².